The van der Waals surface area contributed by atoms with Crippen LogP contribution in [-0.2, 0) is 11.2 Å². The molecule has 0 N–H and O–H groups in total. The zero-order valence-corrected chi connectivity index (χ0v) is 8.81. The van der Waals surface area contributed by atoms with Crippen molar-refractivity contribution in [3.8, 4) is 0 Å². The summed E-state index contributed by atoms with van der Waals surface area (Å²) >= 11 is 0. The molecule has 3 rings (SSSR count). The quantitative estimate of drug-likeness (QED) is 0.594. The van der Waals surface area contributed by atoms with Crippen LogP contribution in [0.15, 0.2) is 36.5 Å². The molecule has 1 aromatic carbocycles. The Labute approximate surface area is 89.1 Å². The Hall–Kier alpha value is -1.41. The highest BCUT2D eigenvalue weighted by atomic mass is 16.5. The van der Waals surface area contributed by atoms with Gasteiger partial charge < -0.3 is 4.74 Å². The van der Waals surface area contributed by atoms with E-state index in [0.717, 1.165) is 13.0 Å². The van der Waals surface area contributed by atoms with Crippen LogP contribution in [0.2, 0.25) is 0 Å². The van der Waals surface area contributed by atoms with Gasteiger partial charge in [-0.1, -0.05) is 18.2 Å². The van der Waals surface area contributed by atoms with Crippen LogP contribution >= 0.6 is 0 Å². The molecule has 0 aliphatic carbocycles. The van der Waals surface area contributed by atoms with Crippen molar-refractivity contribution in [3.05, 3.63) is 42.2 Å². The first-order valence-electron chi connectivity index (χ1n) is 5.39. The van der Waals surface area contributed by atoms with Crippen LogP contribution < -0.4 is 4.57 Å². The van der Waals surface area contributed by atoms with Gasteiger partial charge in [-0.3, -0.25) is 0 Å². The van der Waals surface area contributed by atoms with Crippen LogP contribution in [-0.4, -0.2) is 6.61 Å². The van der Waals surface area contributed by atoms with Gasteiger partial charge in [0.15, 0.2) is 11.9 Å². The maximum atomic E-state index is 5.62. The topological polar surface area (TPSA) is 13.1 Å². The molecule has 15 heavy (non-hydrogen) atoms. The summed E-state index contributed by atoms with van der Waals surface area (Å²) in [5.41, 5.74) is 1.40. The lowest BCUT2D eigenvalue weighted by Crippen LogP contribution is -2.47. The van der Waals surface area contributed by atoms with Gasteiger partial charge in [-0.25, -0.2) is 0 Å². The van der Waals surface area contributed by atoms with Crippen molar-refractivity contribution in [1.82, 2.24) is 0 Å². The number of benzene rings is 1. The van der Waals surface area contributed by atoms with Crippen molar-refractivity contribution < 1.29 is 9.30 Å². The predicted molar refractivity (Wildman–Crippen MR) is 58.5 cm³/mol. The molecule has 2 nitrogen and oxygen atoms in total. The van der Waals surface area contributed by atoms with Gasteiger partial charge in [0.05, 0.1) is 13.0 Å². The van der Waals surface area contributed by atoms with Crippen LogP contribution in [0.1, 0.15) is 18.8 Å². The number of rotatable bonds is 0. The van der Waals surface area contributed by atoms with Crippen molar-refractivity contribution in [2.75, 3.05) is 6.61 Å². The van der Waals surface area contributed by atoms with E-state index in [4.69, 9.17) is 4.74 Å². The summed E-state index contributed by atoms with van der Waals surface area (Å²) in [7, 11) is 0. The van der Waals surface area contributed by atoms with Crippen molar-refractivity contribution in [2.45, 2.75) is 19.6 Å². The molecule has 1 aliphatic rings. The van der Waals surface area contributed by atoms with E-state index in [-0.39, 0.29) is 6.23 Å². The average Bonchev–Trinajstić information content (AvgIpc) is 2.29. The summed E-state index contributed by atoms with van der Waals surface area (Å²) in [6.07, 6.45) is 3.30. The second kappa shape index (κ2) is 3.31. The second-order valence-electron chi connectivity index (χ2n) is 3.98. The van der Waals surface area contributed by atoms with Crippen LogP contribution in [0, 0.1) is 0 Å². The lowest BCUT2D eigenvalue weighted by molar-refractivity contribution is -0.771. The standard InChI is InChI=1S/C13H14NO/c1-10-14-8-6-11-4-2-3-5-12(11)13(14)7-9-15-10/h2-6,8,10H,7,9H2,1H3/q+1. The van der Waals surface area contributed by atoms with Gasteiger partial charge in [0.2, 0.25) is 0 Å². The van der Waals surface area contributed by atoms with Gasteiger partial charge in [0.1, 0.15) is 0 Å². The Bertz CT molecular complexity index is 507. The molecule has 0 fully saturated rings. The average molecular weight is 200 g/mol. The van der Waals surface area contributed by atoms with Crippen molar-refractivity contribution in [3.63, 3.8) is 0 Å². The van der Waals surface area contributed by atoms with Crippen LogP contribution in [0.5, 0.6) is 0 Å². The van der Waals surface area contributed by atoms with Gasteiger partial charge in [-0.15, -0.1) is 0 Å². The number of hydrogen-bond acceptors (Lipinski definition) is 1. The normalized spacial score (nSPS) is 20.2. The van der Waals surface area contributed by atoms with E-state index in [1.807, 2.05) is 0 Å². The van der Waals surface area contributed by atoms with Crippen LogP contribution in [0.25, 0.3) is 10.8 Å². The first-order valence-corrected chi connectivity index (χ1v) is 5.39. The Morgan fingerprint density at radius 3 is 3.07 bits per heavy atom. The minimum Gasteiger partial charge on any atom is -0.321 e. The van der Waals surface area contributed by atoms with Gasteiger partial charge >= 0.3 is 0 Å². The Morgan fingerprint density at radius 1 is 1.27 bits per heavy atom. The molecule has 2 aromatic rings. The number of ether oxygens (including phenoxy) is 1. The fourth-order valence-corrected chi connectivity index (χ4v) is 2.31. The van der Waals surface area contributed by atoms with E-state index < -0.39 is 0 Å². The maximum Gasteiger partial charge on any atom is 0.259 e. The van der Waals surface area contributed by atoms with Crippen molar-refractivity contribution in [1.29, 1.82) is 0 Å². The fraction of sp³-hybridized carbons (Fsp3) is 0.308. The zero-order chi connectivity index (χ0) is 10.3. The Kier molecular flexibility index (Phi) is 1.96. The van der Waals surface area contributed by atoms with Gasteiger partial charge in [0, 0.05) is 18.4 Å². The SMILES string of the molecule is CC1OCCc2c3ccccc3cc[n+]21. The number of pyridine rings is 1. The largest absolute Gasteiger partial charge is 0.321 e. The molecule has 1 aromatic heterocycles. The summed E-state index contributed by atoms with van der Waals surface area (Å²) in [5, 5.41) is 2.67. The molecule has 0 bridgehead atoms. The monoisotopic (exact) mass is 200 g/mol. The summed E-state index contributed by atoms with van der Waals surface area (Å²) in [6.45, 7) is 2.92. The molecule has 1 unspecified atom stereocenters. The lowest BCUT2D eigenvalue weighted by atomic mass is 10.1. The molecule has 0 saturated carbocycles. The molecular formula is C13H14NO+. The van der Waals surface area contributed by atoms with E-state index in [1.165, 1.54) is 16.5 Å². The third-order valence-electron chi connectivity index (χ3n) is 3.09. The van der Waals surface area contributed by atoms with Crippen LogP contribution in [0.3, 0.4) is 0 Å². The molecule has 2 heterocycles. The van der Waals surface area contributed by atoms with Gasteiger partial charge in [-0.2, -0.15) is 4.57 Å². The van der Waals surface area contributed by atoms with Crippen molar-refractivity contribution in [2.24, 2.45) is 0 Å². The third-order valence-corrected chi connectivity index (χ3v) is 3.09. The minimum atomic E-state index is 0.165. The molecule has 2 heteroatoms. The highest BCUT2D eigenvalue weighted by Crippen LogP contribution is 2.19. The molecule has 0 radical (unpaired) electrons. The van der Waals surface area contributed by atoms with Gasteiger partial charge in [-0.05, 0) is 11.5 Å². The number of aromatic nitrogens is 1. The first-order chi connectivity index (χ1) is 7.36. The molecular weight excluding hydrogens is 186 g/mol. The van der Waals surface area contributed by atoms with E-state index in [2.05, 4.69) is 48.0 Å². The van der Waals surface area contributed by atoms with E-state index in [9.17, 15) is 0 Å². The molecule has 76 valence electrons. The van der Waals surface area contributed by atoms with E-state index >= 15 is 0 Å². The second-order valence-corrected chi connectivity index (χ2v) is 3.98. The molecule has 0 saturated heterocycles. The van der Waals surface area contributed by atoms with E-state index in [0.29, 0.717) is 0 Å². The van der Waals surface area contributed by atoms with E-state index in [1.54, 1.807) is 0 Å². The molecule has 0 spiro atoms. The van der Waals surface area contributed by atoms with Crippen LogP contribution in [0.4, 0.5) is 0 Å². The number of nitrogens with zero attached hydrogens (tertiary/aromatic N) is 1. The summed E-state index contributed by atoms with van der Waals surface area (Å²) in [4.78, 5) is 0. The number of fused-ring (bicyclic) bond motifs is 3. The molecule has 1 atom stereocenters. The molecule has 0 amide bonds. The number of hydrogen-bond donors (Lipinski definition) is 0. The maximum absolute atomic E-state index is 5.62. The summed E-state index contributed by atoms with van der Waals surface area (Å²) in [6, 6.07) is 10.7. The fourth-order valence-electron chi connectivity index (χ4n) is 2.31. The highest BCUT2D eigenvalue weighted by molar-refractivity contribution is 5.83. The van der Waals surface area contributed by atoms with Crippen molar-refractivity contribution >= 4 is 10.8 Å². The van der Waals surface area contributed by atoms with Gasteiger partial charge in [0.25, 0.3) is 6.23 Å². The minimum absolute atomic E-state index is 0.165. The lowest BCUT2D eigenvalue weighted by Gasteiger charge is -2.18. The zero-order valence-electron chi connectivity index (χ0n) is 8.81. The highest BCUT2D eigenvalue weighted by Gasteiger charge is 2.25. The smallest absolute Gasteiger partial charge is 0.259 e. The molecule has 1 aliphatic heterocycles. The Morgan fingerprint density at radius 2 is 2.13 bits per heavy atom. The third kappa shape index (κ3) is 1.33. The Balaban J connectivity index is 2.33. The summed E-state index contributed by atoms with van der Waals surface area (Å²) in [5.74, 6) is 0. The predicted octanol–water partition coefficient (Wildman–Crippen LogP) is 2.22. The first kappa shape index (κ1) is 8.86. The summed E-state index contributed by atoms with van der Waals surface area (Å²) < 4.78 is 7.84.